The smallest absolute Gasteiger partial charge is 0.348 e. The number of rotatable bonds is 4. The van der Waals surface area contributed by atoms with Crippen molar-refractivity contribution in [1.29, 1.82) is 0 Å². The first-order chi connectivity index (χ1) is 9.45. The van der Waals surface area contributed by atoms with Crippen molar-refractivity contribution in [1.82, 2.24) is 0 Å². The van der Waals surface area contributed by atoms with Crippen LogP contribution in [0.5, 0.6) is 0 Å². The maximum Gasteiger partial charge on any atom is 0.348 e. The van der Waals surface area contributed by atoms with Crippen molar-refractivity contribution in [2.75, 3.05) is 5.73 Å². The lowest BCUT2D eigenvalue weighted by molar-refractivity contribution is 0.0703. The molecule has 0 amide bonds. The van der Waals surface area contributed by atoms with Crippen molar-refractivity contribution in [2.24, 2.45) is 0 Å². The van der Waals surface area contributed by atoms with Crippen molar-refractivity contribution >= 4 is 23.0 Å². The summed E-state index contributed by atoms with van der Waals surface area (Å²) < 4.78 is 0. The Morgan fingerprint density at radius 1 is 1.30 bits per heavy atom. The third kappa shape index (κ3) is 2.56. The average molecular weight is 289 g/mol. The first-order valence-corrected chi connectivity index (χ1v) is 7.52. The van der Waals surface area contributed by atoms with Crippen LogP contribution in [0.25, 0.3) is 10.4 Å². The molecule has 0 bridgehead atoms. The van der Waals surface area contributed by atoms with Gasteiger partial charge in [-0.05, 0) is 29.0 Å². The van der Waals surface area contributed by atoms with Crippen LogP contribution in [0.3, 0.4) is 0 Å². The highest BCUT2D eigenvalue weighted by molar-refractivity contribution is 7.18. The van der Waals surface area contributed by atoms with Gasteiger partial charge in [-0.2, -0.15) is 0 Å². The Balaban J connectivity index is 2.51. The van der Waals surface area contributed by atoms with Crippen LogP contribution in [0.1, 0.15) is 47.5 Å². The summed E-state index contributed by atoms with van der Waals surface area (Å²) in [7, 11) is 0. The van der Waals surface area contributed by atoms with Crippen molar-refractivity contribution in [3.8, 4) is 10.4 Å². The van der Waals surface area contributed by atoms with Crippen LogP contribution in [0.2, 0.25) is 0 Å². The van der Waals surface area contributed by atoms with Crippen LogP contribution < -0.4 is 5.73 Å². The summed E-state index contributed by atoms with van der Waals surface area (Å²) in [6.07, 6.45) is 0.733. The molecule has 106 valence electrons. The summed E-state index contributed by atoms with van der Waals surface area (Å²) in [6, 6.07) is 8.28. The Morgan fingerprint density at radius 3 is 2.35 bits per heavy atom. The van der Waals surface area contributed by atoms with Gasteiger partial charge in [0.2, 0.25) is 0 Å². The quantitative estimate of drug-likeness (QED) is 0.877. The van der Waals surface area contributed by atoms with E-state index >= 15 is 0 Å². The second-order valence-corrected chi connectivity index (χ2v) is 6.11. The maximum atomic E-state index is 11.2. The number of thiophene rings is 1. The third-order valence-electron chi connectivity index (χ3n) is 3.44. The monoisotopic (exact) mass is 289 g/mol. The largest absolute Gasteiger partial charge is 0.477 e. The highest BCUT2D eigenvalue weighted by Gasteiger charge is 2.20. The van der Waals surface area contributed by atoms with Crippen LogP contribution in [0.4, 0.5) is 5.69 Å². The molecule has 0 atom stereocenters. The highest BCUT2D eigenvalue weighted by Crippen LogP contribution is 2.39. The first-order valence-electron chi connectivity index (χ1n) is 6.70. The number of benzene rings is 1. The Labute approximate surface area is 123 Å². The van der Waals surface area contributed by atoms with Crippen LogP contribution >= 0.6 is 11.3 Å². The van der Waals surface area contributed by atoms with E-state index in [0.717, 1.165) is 22.4 Å². The Morgan fingerprint density at radius 2 is 1.90 bits per heavy atom. The molecule has 1 heterocycles. The standard InChI is InChI=1S/C16H19NO2S/c1-4-12-13(17)15(16(18)19)20-14(12)11-7-5-10(6-8-11)9(2)3/h5-9H,4,17H2,1-3H3,(H,18,19). The fourth-order valence-electron chi connectivity index (χ4n) is 2.24. The van der Waals surface area contributed by atoms with Gasteiger partial charge in [0.15, 0.2) is 0 Å². The first kappa shape index (κ1) is 14.6. The van der Waals surface area contributed by atoms with E-state index in [1.54, 1.807) is 0 Å². The van der Waals surface area contributed by atoms with E-state index in [-0.39, 0.29) is 4.88 Å². The molecule has 4 heteroatoms. The van der Waals surface area contributed by atoms with Crippen molar-refractivity contribution in [2.45, 2.75) is 33.1 Å². The summed E-state index contributed by atoms with van der Waals surface area (Å²) in [5.41, 5.74) is 9.62. The molecule has 0 aliphatic heterocycles. The van der Waals surface area contributed by atoms with E-state index in [0.29, 0.717) is 11.6 Å². The number of carboxylic acid groups (broad SMARTS) is 1. The molecule has 0 unspecified atom stereocenters. The van der Waals surface area contributed by atoms with Crippen LogP contribution in [-0.4, -0.2) is 11.1 Å². The minimum atomic E-state index is -0.952. The van der Waals surface area contributed by atoms with Gasteiger partial charge in [-0.1, -0.05) is 45.0 Å². The van der Waals surface area contributed by atoms with Gasteiger partial charge in [0.05, 0.1) is 5.69 Å². The van der Waals surface area contributed by atoms with Crippen LogP contribution in [0, 0.1) is 0 Å². The second-order valence-electron chi connectivity index (χ2n) is 5.09. The van der Waals surface area contributed by atoms with Crippen molar-refractivity contribution in [3.63, 3.8) is 0 Å². The van der Waals surface area contributed by atoms with Gasteiger partial charge in [-0.3, -0.25) is 0 Å². The summed E-state index contributed by atoms with van der Waals surface area (Å²) in [6.45, 7) is 6.30. The molecule has 2 rings (SSSR count). The van der Waals surface area contributed by atoms with E-state index in [1.807, 2.05) is 19.1 Å². The third-order valence-corrected chi connectivity index (χ3v) is 4.72. The number of carboxylic acids is 1. The number of carbonyl (C=O) groups is 1. The zero-order chi connectivity index (χ0) is 14.9. The summed E-state index contributed by atoms with van der Waals surface area (Å²) in [5, 5.41) is 9.19. The molecular formula is C16H19NO2S. The van der Waals surface area contributed by atoms with Gasteiger partial charge in [-0.25, -0.2) is 4.79 Å². The Kier molecular flexibility index (Phi) is 4.14. The minimum Gasteiger partial charge on any atom is -0.477 e. The topological polar surface area (TPSA) is 63.3 Å². The SMILES string of the molecule is CCc1c(-c2ccc(C(C)C)cc2)sc(C(=O)O)c1N. The van der Waals surface area contributed by atoms with Gasteiger partial charge in [-0.15, -0.1) is 11.3 Å². The molecule has 1 aromatic carbocycles. The summed E-state index contributed by atoms with van der Waals surface area (Å²) in [4.78, 5) is 12.4. The maximum absolute atomic E-state index is 11.2. The summed E-state index contributed by atoms with van der Waals surface area (Å²) in [5.74, 6) is -0.468. The van der Waals surface area contributed by atoms with Crippen molar-refractivity contribution in [3.05, 3.63) is 40.3 Å². The van der Waals surface area contributed by atoms with E-state index < -0.39 is 5.97 Å². The molecule has 3 N–H and O–H groups in total. The Bertz CT molecular complexity index is 627. The van der Waals surface area contributed by atoms with E-state index in [4.69, 9.17) is 5.73 Å². The normalized spacial score (nSPS) is 11.0. The average Bonchev–Trinajstić information content (AvgIpc) is 2.75. The molecule has 0 fully saturated rings. The van der Waals surface area contributed by atoms with Gasteiger partial charge < -0.3 is 10.8 Å². The van der Waals surface area contributed by atoms with E-state index in [1.165, 1.54) is 16.9 Å². The lowest BCUT2D eigenvalue weighted by atomic mass is 10.00. The summed E-state index contributed by atoms with van der Waals surface area (Å²) >= 11 is 1.26. The molecule has 0 aliphatic rings. The lowest BCUT2D eigenvalue weighted by Gasteiger charge is -2.07. The molecule has 0 aliphatic carbocycles. The molecule has 20 heavy (non-hydrogen) atoms. The van der Waals surface area contributed by atoms with E-state index in [9.17, 15) is 9.90 Å². The molecule has 2 aromatic rings. The number of nitrogen functional groups attached to an aromatic ring is 1. The number of hydrogen-bond donors (Lipinski definition) is 2. The van der Waals surface area contributed by atoms with Gasteiger partial charge in [0.25, 0.3) is 0 Å². The predicted molar refractivity (Wildman–Crippen MR) is 84.6 cm³/mol. The van der Waals surface area contributed by atoms with Gasteiger partial charge in [0.1, 0.15) is 4.88 Å². The minimum absolute atomic E-state index is 0.241. The van der Waals surface area contributed by atoms with Gasteiger partial charge in [0, 0.05) is 4.88 Å². The Hall–Kier alpha value is -1.81. The molecular weight excluding hydrogens is 270 g/mol. The fourth-order valence-corrected chi connectivity index (χ4v) is 3.40. The zero-order valence-corrected chi connectivity index (χ0v) is 12.8. The number of nitrogens with two attached hydrogens (primary N) is 1. The molecule has 0 saturated carbocycles. The lowest BCUT2D eigenvalue weighted by Crippen LogP contribution is -1.99. The number of anilines is 1. The second kappa shape index (κ2) is 5.67. The highest BCUT2D eigenvalue weighted by atomic mass is 32.1. The van der Waals surface area contributed by atoms with Gasteiger partial charge >= 0.3 is 5.97 Å². The number of hydrogen-bond acceptors (Lipinski definition) is 3. The molecule has 1 aromatic heterocycles. The predicted octanol–water partition coefficient (Wildman–Crippen LogP) is 4.38. The van der Waals surface area contributed by atoms with Crippen LogP contribution in [-0.2, 0) is 6.42 Å². The molecule has 0 saturated heterocycles. The molecule has 0 radical (unpaired) electrons. The number of aromatic carboxylic acids is 1. The molecule has 3 nitrogen and oxygen atoms in total. The van der Waals surface area contributed by atoms with Crippen LogP contribution in [0.15, 0.2) is 24.3 Å². The fraction of sp³-hybridized carbons (Fsp3) is 0.312. The van der Waals surface area contributed by atoms with E-state index in [2.05, 4.69) is 26.0 Å². The molecule has 0 spiro atoms. The zero-order valence-electron chi connectivity index (χ0n) is 11.9. The van der Waals surface area contributed by atoms with Crippen molar-refractivity contribution < 1.29 is 9.90 Å².